The van der Waals surface area contributed by atoms with Gasteiger partial charge in [-0.15, -0.1) is 0 Å². The maximum absolute atomic E-state index is 10.3. The van der Waals surface area contributed by atoms with Gasteiger partial charge in [0, 0.05) is 18.1 Å². The maximum Gasteiger partial charge on any atom is 0.0958 e. The molecule has 0 radical (unpaired) electrons. The summed E-state index contributed by atoms with van der Waals surface area (Å²) in [6.45, 7) is 2.93. The molecule has 0 fully saturated rings. The lowest BCUT2D eigenvalue weighted by atomic mass is 9.99. The number of thioether (sulfide) groups is 1. The number of nitrogens with zero attached hydrogens (tertiary/aromatic N) is 1. The molecular formula is C13H21NOS. The first-order valence-corrected chi connectivity index (χ1v) is 6.68. The molecule has 90 valence electrons. The predicted octanol–water partition coefficient (Wildman–Crippen LogP) is 2.19. The highest BCUT2D eigenvalue weighted by atomic mass is 32.2. The van der Waals surface area contributed by atoms with E-state index in [9.17, 15) is 5.11 Å². The van der Waals surface area contributed by atoms with E-state index in [4.69, 9.17) is 0 Å². The van der Waals surface area contributed by atoms with E-state index in [2.05, 4.69) is 19.0 Å². The minimum atomic E-state index is -0.724. The predicted molar refractivity (Wildman–Crippen MR) is 71.9 cm³/mol. The van der Waals surface area contributed by atoms with Crippen molar-refractivity contribution in [2.24, 2.45) is 0 Å². The fourth-order valence-corrected chi connectivity index (χ4v) is 2.60. The lowest BCUT2D eigenvalue weighted by Crippen LogP contribution is -2.25. The number of hydrogen-bond donors (Lipinski definition) is 1. The van der Waals surface area contributed by atoms with E-state index in [1.165, 1.54) is 0 Å². The van der Waals surface area contributed by atoms with Crippen molar-refractivity contribution in [2.45, 2.75) is 12.5 Å². The van der Waals surface area contributed by atoms with Crippen LogP contribution in [0.2, 0.25) is 0 Å². The molecule has 0 heterocycles. The van der Waals surface area contributed by atoms with Gasteiger partial charge in [-0.3, -0.25) is 0 Å². The molecule has 1 aromatic rings. The molecule has 16 heavy (non-hydrogen) atoms. The zero-order valence-corrected chi connectivity index (χ0v) is 11.1. The smallest absolute Gasteiger partial charge is 0.0958 e. The summed E-state index contributed by atoms with van der Waals surface area (Å²) in [6.07, 6.45) is 0. The van der Waals surface area contributed by atoms with Crippen LogP contribution in [-0.4, -0.2) is 42.2 Å². The van der Waals surface area contributed by atoms with Gasteiger partial charge in [-0.05, 0) is 26.6 Å². The van der Waals surface area contributed by atoms with Gasteiger partial charge in [0.05, 0.1) is 5.60 Å². The Morgan fingerprint density at radius 1 is 1.25 bits per heavy atom. The molecule has 0 aliphatic rings. The zero-order valence-electron chi connectivity index (χ0n) is 10.3. The molecule has 0 saturated carbocycles. The van der Waals surface area contributed by atoms with Crippen molar-refractivity contribution < 1.29 is 5.11 Å². The lowest BCUT2D eigenvalue weighted by Gasteiger charge is -2.23. The molecule has 0 aliphatic carbocycles. The normalized spacial score (nSPS) is 15.1. The molecule has 3 heteroatoms. The van der Waals surface area contributed by atoms with E-state index in [0.29, 0.717) is 0 Å². The van der Waals surface area contributed by atoms with Gasteiger partial charge in [0.2, 0.25) is 0 Å². The Morgan fingerprint density at radius 3 is 2.44 bits per heavy atom. The number of benzene rings is 1. The van der Waals surface area contributed by atoms with Gasteiger partial charge >= 0.3 is 0 Å². The summed E-state index contributed by atoms with van der Waals surface area (Å²) in [5.41, 5.74) is 0.269. The molecule has 1 aromatic carbocycles. The Bertz CT molecular complexity index is 298. The first-order valence-electron chi connectivity index (χ1n) is 5.53. The molecule has 0 saturated heterocycles. The standard InChI is InChI=1S/C13H21NOS/c1-13(15,11-16-10-9-14(2)3)12-7-5-4-6-8-12/h4-8,15H,9-11H2,1-3H3. The lowest BCUT2D eigenvalue weighted by molar-refractivity contribution is 0.0839. The van der Waals surface area contributed by atoms with E-state index >= 15 is 0 Å². The van der Waals surface area contributed by atoms with Crippen LogP contribution >= 0.6 is 11.8 Å². The van der Waals surface area contributed by atoms with Crippen molar-refractivity contribution in [1.82, 2.24) is 4.90 Å². The fraction of sp³-hybridized carbons (Fsp3) is 0.538. The van der Waals surface area contributed by atoms with Gasteiger partial charge < -0.3 is 10.0 Å². The fourth-order valence-electron chi connectivity index (χ4n) is 1.40. The second kappa shape index (κ2) is 6.28. The van der Waals surface area contributed by atoms with Crippen LogP contribution in [0.25, 0.3) is 0 Å². The summed E-state index contributed by atoms with van der Waals surface area (Å²) in [7, 11) is 4.13. The van der Waals surface area contributed by atoms with Crippen molar-refractivity contribution in [1.29, 1.82) is 0 Å². The SMILES string of the molecule is CN(C)CCSCC(C)(O)c1ccccc1. The highest BCUT2D eigenvalue weighted by Gasteiger charge is 2.22. The average Bonchev–Trinajstić information content (AvgIpc) is 2.26. The number of hydrogen-bond acceptors (Lipinski definition) is 3. The molecule has 1 N–H and O–H groups in total. The van der Waals surface area contributed by atoms with Crippen LogP contribution in [0, 0.1) is 0 Å². The molecule has 1 unspecified atom stereocenters. The van der Waals surface area contributed by atoms with Crippen LogP contribution < -0.4 is 0 Å². The summed E-state index contributed by atoms with van der Waals surface area (Å²) in [5.74, 6) is 1.79. The summed E-state index contributed by atoms with van der Waals surface area (Å²) in [4.78, 5) is 2.16. The third-order valence-corrected chi connectivity index (χ3v) is 3.70. The third kappa shape index (κ3) is 4.56. The van der Waals surface area contributed by atoms with Gasteiger partial charge in [0.1, 0.15) is 0 Å². The largest absolute Gasteiger partial charge is 0.385 e. The summed E-state index contributed by atoms with van der Waals surface area (Å²) >= 11 is 1.79. The highest BCUT2D eigenvalue weighted by Crippen LogP contribution is 2.24. The molecule has 0 amide bonds. The van der Waals surface area contributed by atoms with Gasteiger partial charge in [0.15, 0.2) is 0 Å². The second-order valence-electron chi connectivity index (χ2n) is 4.50. The van der Waals surface area contributed by atoms with Crippen molar-refractivity contribution in [3.05, 3.63) is 35.9 Å². The van der Waals surface area contributed by atoms with Crippen molar-refractivity contribution in [3.63, 3.8) is 0 Å². The number of rotatable bonds is 6. The van der Waals surface area contributed by atoms with Crippen LogP contribution in [0.3, 0.4) is 0 Å². The Labute approximate surface area is 103 Å². The van der Waals surface area contributed by atoms with Crippen LogP contribution in [0.1, 0.15) is 12.5 Å². The topological polar surface area (TPSA) is 23.5 Å². The minimum Gasteiger partial charge on any atom is -0.385 e. The molecule has 0 bridgehead atoms. The van der Waals surface area contributed by atoms with Gasteiger partial charge in [-0.2, -0.15) is 11.8 Å². The Kier molecular flexibility index (Phi) is 5.32. The van der Waals surface area contributed by atoms with Gasteiger partial charge in [-0.25, -0.2) is 0 Å². The highest BCUT2D eigenvalue weighted by molar-refractivity contribution is 7.99. The van der Waals surface area contributed by atoms with Crippen LogP contribution in [-0.2, 0) is 5.60 Å². The van der Waals surface area contributed by atoms with E-state index in [0.717, 1.165) is 23.6 Å². The van der Waals surface area contributed by atoms with Crippen LogP contribution in [0.4, 0.5) is 0 Å². The monoisotopic (exact) mass is 239 g/mol. The zero-order chi connectivity index (χ0) is 12.0. The van der Waals surface area contributed by atoms with Crippen molar-refractivity contribution in [2.75, 3.05) is 32.1 Å². The van der Waals surface area contributed by atoms with Crippen molar-refractivity contribution >= 4 is 11.8 Å². The third-order valence-electron chi connectivity index (χ3n) is 2.46. The molecule has 2 nitrogen and oxygen atoms in total. The first-order chi connectivity index (χ1) is 7.52. The Morgan fingerprint density at radius 2 is 1.88 bits per heavy atom. The summed E-state index contributed by atoms with van der Waals surface area (Å²) in [6, 6.07) is 9.86. The summed E-state index contributed by atoms with van der Waals surface area (Å²) in [5, 5.41) is 10.3. The van der Waals surface area contributed by atoms with Gasteiger partial charge in [-0.1, -0.05) is 30.3 Å². The average molecular weight is 239 g/mol. The number of aliphatic hydroxyl groups is 1. The van der Waals surface area contributed by atoms with E-state index in [1.807, 2.05) is 37.3 Å². The van der Waals surface area contributed by atoms with Crippen LogP contribution in [0.15, 0.2) is 30.3 Å². The molecule has 0 aromatic heterocycles. The Hall–Kier alpha value is -0.510. The van der Waals surface area contributed by atoms with Crippen LogP contribution in [0.5, 0.6) is 0 Å². The molecular weight excluding hydrogens is 218 g/mol. The summed E-state index contributed by atoms with van der Waals surface area (Å²) < 4.78 is 0. The van der Waals surface area contributed by atoms with E-state index in [-0.39, 0.29) is 0 Å². The Balaban J connectivity index is 2.40. The second-order valence-corrected chi connectivity index (χ2v) is 5.60. The molecule has 0 spiro atoms. The quantitative estimate of drug-likeness (QED) is 0.770. The maximum atomic E-state index is 10.3. The van der Waals surface area contributed by atoms with E-state index in [1.54, 1.807) is 11.8 Å². The van der Waals surface area contributed by atoms with E-state index < -0.39 is 5.60 Å². The first kappa shape index (κ1) is 13.6. The minimum absolute atomic E-state index is 0.724. The molecule has 1 atom stereocenters. The molecule has 1 rings (SSSR count). The van der Waals surface area contributed by atoms with Gasteiger partial charge in [0.25, 0.3) is 0 Å². The van der Waals surface area contributed by atoms with Crippen molar-refractivity contribution in [3.8, 4) is 0 Å². The molecule has 0 aliphatic heterocycles.